The lowest BCUT2D eigenvalue weighted by Gasteiger charge is -2.26. The summed E-state index contributed by atoms with van der Waals surface area (Å²) in [5, 5.41) is 7.95. The van der Waals surface area contributed by atoms with Crippen LogP contribution in [0.1, 0.15) is 67.6 Å². The highest BCUT2D eigenvalue weighted by atomic mass is 16.5. The zero-order chi connectivity index (χ0) is 15.4. The summed E-state index contributed by atoms with van der Waals surface area (Å²) in [5.74, 6) is 2.61. The van der Waals surface area contributed by atoms with Crippen molar-refractivity contribution in [3.8, 4) is 11.5 Å². The lowest BCUT2D eigenvalue weighted by Crippen LogP contribution is -2.37. The normalized spacial score (nSPS) is 29.9. The van der Waals surface area contributed by atoms with Gasteiger partial charge in [0.2, 0.25) is 0 Å². The van der Waals surface area contributed by atoms with Crippen molar-refractivity contribution >= 4 is 0 Å². The average molecular weight is 310 g/mol. The summed E-state index contributed by atoms with van der Waals surface area (Å²) in [7, 11) is 0. The second-order valence-corrected chi connectivity index (χ2v) is 7.41. The average Bonchev–Trinajstić information content (AvgIpc) is 3.20. The van der Waals surface area contributed by atoms with Gasteiger partial charge in [-0.25, -0.2) is 0 Å². The van der Waals surface area contributed by atoms with Gasteiger partial charge in [-0.1, -0.05) is 5.16 Å². The molecule has 120 valence electrons. The van der Waals surface area contributed by atoms with Crippen molar-refractivity contribution in [2.24, 2.45) is 0 Å². The molecule has 2 saturated heterocycles. The summed E-state index contributed by atoms with van der Waals surface area (Å²) in [4.78, 5) is 9.44. The molecule has 0 amide bonds. The smallest absolute Gasteiger partial charge is 0.259 e. The van der Waals surface area contributed by atoms with Gasteiger partial charge in [-0.2, -0.15) is 4.98 Å². The lowest BCUT2D eigenvalue weighted by molar-refractivity contribution is 0.340. The van der Waals surface area contributed by atoms with Crippen molar-refractivity contribution in [1.29, 1.82) is 0 Å². The number of aromatic nitrogens is 3. The molecule has 3 aliphatic rings. The maximum Gasteiger partial charge on any atom is 0.259 e. The molecule has 1 aliphatic carbocycles. The first-order chi connectivity index (χ1) is 11.3. The fraction of sp³-hybridized carbons (Fsp3) is 0.611. The van der Waals surface area contributed by atoms with Gasteiger partial charge in [-0.3, -0.25) is 4.98 Å². The number of piperidine rings is 1. The molecule has 2 aromatic heterocycles. The molecule has 0 spiro atoms. The van der Waals surface area contributed by atoms with Crippen LogP contribution in [-0.2, 0) is 0 Å². The minimum absolute atomic E-state index is 0.435. The first-order valence-electron chi connectivity index (χ1n) is 8.84. The minimum atomic E-state index is 0.435. The fourth-order valence-electron chi connectivity index (χ4n) is 4.19. The highest BCUT2D eigenvalue weighted by Crippen LogP contribution is 2.40. The molecule has 5 nitrogen and oxygen atoms in total. The predicted molar refractivity (Wildman–Crippen MR) is 86.2 cm³/mol. The standard InChI is InChI=1S/C18H22N4O/c1-10-15(6-7-16(19-10)11-2-3-11)18-21-17(22-23-18)12-8-13-4-5-14(9-12)20-13/h6-7,11-14,20H,2-5,8-9H2,1H3. The van der Waals surface area contributed by atoms with E-state index in [2.05, 4.69) is 22.6 Å². The second-order valence-electron chi connectivity index (χ2n) is 7.41. The number of hydrogen-bond acceptors (Lipinski definition) is 5. The van der Waals surface area contributed by atoms with Gasteiger partial charge in [-0.15, -0.1) is 0 Å². The Morgan fingerprint density at radius 1 is 1.00 bits per heavy atom. The highest BCUT2D eigenvalue weighted by molar-refractivity contribution is 5.56. The van der Waals surface area contributed by atoms with Gasteiger partial charge in [0.25, 0.3) is 5.89 Å². The molecule has 0 radical (unpaired) electrons. The van der Waals surface area contributed by atoms with Crippen molar-refractivity contribution in [3.05, 3.63) is 29.3 Å². The number of nitrogens with one attached hydrogen (secondary N) is 1. The van der Waals surface area contributed by atoms with Crippen LogP contribution in [0.15, 0.2) is 16.7 Å². The van der Waals surface area contributed by atoms with Gasteiger partial charge in [0.05, 0.1) is 11.3 Å². The number of rotatable bonds is 3. The fourth-order valence-corrected chi connectivity index (χ4v) is 4.19. The van der Waals surface area contributed by atoms with E-state index in [-0.39, 0.29) is 0 Å². The zero-order valence-electron chi connectivity index (χ0n) is 13.5. The maximum absolute atomic E-state index is 5.57. The minimum Gasteiger partial charge on any atom is -0.334 e. The van der Waals surface area contributed by atoms with Crippen molar-refractivity contribution in [1.82, 2.24) is 20.4 Å². The molecule has 23 heavy (non-hydrogen) atoms. The number of fused-ring (bicyclic) bond motifs is 2. The van der Waals surface area contributed by atoms with Crippen molar-refractivity contribution < 1.29 is 4.52 Å². The van der Waals surface area contributed by atoms with E-state index in [0.717, 1.165) is 29.9 Å². The van der Waals surface area contributed by atoms with Crippen LogP contribution < -0.4 is 5.32 Å². The van der Waals surface area contributed by atoms with E-state index in [1.807, 2.05) is 6.92 Å². The van der Waals surface area contributed by atoms with Gasteiger partial charge < -0.3 is 9.84 Å². The molecule has 2 bridgehead atoms. The summed E-state index contributed by atoms with van der Waals surface area (Å²) >= 11 is 0. The summed E-state index contributed by atoms with van der Waals surface area (Å²) in [6.45, 7) is 2.04. The molecule has 5 heteroatoms. The van der Waals surface area contributed by atoms with E-state index in [4.69, 9.17) is 14.5 Å². The number of aryl methyl sites for hydroxylation is 1. The van der Waals surface area contributed by atoms with Crippen LogP contribution in [0, 0.1) is 6.92 Å². The Balaban J connectivity index is 1.40. The third-order valence-corrected chi connectivity index (χ3v) is 5.61. The quantitative estimate of drug-likeness (QED) is 0.942. The van der Waals surface area contributed by atoms with Crippen LogP contribution in [0.3, 0.4) is 0 Å². The molecule has 5 rings (SSSR count). The van der Waals surface area contributed by atoms with Crippen LogP contribution in [0.25, 0.3) is 11.5 Å². The van der Waals surface area contributed by atoms with Crippen molar-refractivity contribution in [2.45, 2.75) is 69.4 Å². The van der Waals surface area contributed by atoms with E-state index >= 15 is 0 Å². The van der Waals surface area contributed by atoms with E-state index in [9.17, 15) is 0 Å². The molecule has 2 aromatic rings. The first-order valence-corrected chi connectivity index (χ1v) is 8.84. The predicted octanol–water partition coefficient (Wildman–Crippen LogP) is 3.32. The molecule has 0 aromatic carbocycles. The molecule has 3 fully saturated rings. The van der Waals surface area contributed by atoms with Crippen LogP contribution >= 0.6 is 0 Å². The Morgan fingerprint density at radius 3 is 2.48 bits per heavy atom. The molecule has 4 heterocycles. The third kappa shape index (κ3) is 2.47. The Labute approximate surface area is 135 Å². The van der Waals surface area contributed by atoms with E-state index < -0.39 is 0 Å². The van der Waals surface area contributed by atoms with Crippen LogP contribution in [0.2, 0.25) is 0 Å². The monoisotopic (exact) mass is 310 g/mol. The zero-order valence-corrected chi connectivity index (χ0v) is 13.5. The second kappa shape index (κ2) is 5.13. The lowest BCUT2D eigenvalue weighted by atomic mass is 9.92. The molecular weight excluding hydrogens is 288 g/mol. The van der Waals surface area contributed by atoms with E-state index in [0.29, 0.717) is 29.8 Å². The Bertz CT molecular complexity index is 724. The molecular formula is C18H22N4O. The summed E-state index contributed by atoms with van der Waals surface area (Å²) in [6, 6.07) is 5.50. The summed E-state index contributed by atoms with van der Waals surface area (Å²) in [6.07, 6.45) is 7.39. The van der Waals surface area contributed by atoms with E-state index in [1.54, 1.807) is 0 Å². The summed E-state index contributed by atoms with van der Waals surface area (Å²) < 4.78 is 5.57. The van der Waals surface area contributed by atoms with Crippen LogP contribution in [0.5, 0.6) is 0 Å². The Hall–Kier alpha value is -1.75. The molecule has 1 saturated carbocycles. The molecule has 1 N–H and O–H groups in total. The number of hydrogen-bond donors (Lipinski definition) is 1. The maximum atomic E-state index is 5.57. The van der Waals surface area contributed by atoms with Crippen LogP contribution in [-0.4, -0.2) is 27.2 Å². The molecule has 2 aliphatic heterocycles. The highest BCUT2D eigenvalue weighted by Gasteiger charge is 2.36. The third-order valence-electron chi connectivity index (χ3n) is 5.61. The SMILES string of the molecule is Cc1nc(C2CC2)ccc1-c1nc(C2CC3CCC(C2)N3)no1. The van der Waals surface area contributed by atoms with Crippen LogP contribution in [0.4, 0.5) is 0 Å². The van der Waals surface area contributed by atoms with Gasteiger partial charge in [0.15, 0.2) is 5.82 Å². The number of nitrogens with zero attached hydrogens (tertiary/aromatic N) is 3. The van der Waals surface area contributed by atoms with Crippen molar-refractivity contribution in [3.63, 3.8) is 0 Å². The molecule has 2 atom stereocenters. The number of pyridine rings is 1. The van der Waals surface area contributed by atoms with Gasteiger partial charge in [-0.05, 0) is 57.6 Å². The molecule has 2 unspecified atom stereocenters. The van der Waals surface area contributed by atoms with Gasteiger partial charge in [0.1, 0.15) is 0 Å². The first kappa shape index (κ1) is 13.7. The van der Waals surface area contributed by atoms with Crippen molar-refractivity contribution in [2.75, 3.05) is 0 Å². The Morgan fingerprint density at radius 2 is 1.78 bits per heavy atom. The van der Waals surface area contributed by atoms with Gasteiger partial charge >= 0.3 is 0 Å². The van der Waals surface area contributed by atoms with Gasteiger partial charge in [0, 0.05) is 29.6 Å². The van der Waals surface area contributed by atoms with E-state index in [1.165, 1.54) is 31.4 Å². The largest absolute Gasteiger partial charge is 0.334 e. The topological polar surface area (TPSA) is 63.8 Å². The summed E-state index contributed by atoms with van der Waals surface area (Å²) in [5.41, 5.74) is 3.18. The Kier molecular flexibility index (Phi) is 3.05.